The van der Waals surface area contributed by atoms with Crippen LogP contribution >= 0.6 is 11.3 Å². The molecule has 0 spiro atoms. The van der Waals surface area contributed by atoms with E-state index in [-0.39, 0.29) is 5.91 Å². The van der Waals surface area contributed by atoms with Crippen LogP contribution in [-0.2, 0) is 6.54 Å². The minimum atomic E-state index is -0.190. The van der Waals surface area contributed by atoms with Gasteiger partial charge in [-0.1, -0.05) is 26.0 Å². The first kappa shape index (κ1) is 20.7. The van der Waals surface area contributed by atoms with Gasteiger partial charge in [-0.05, 0) is 53.5 Å². The molecule has 4 aromatic heterocycles. The number of nitrogens with one attached hydrogen (secondary N) is 1. The molecule has 0 saturated carbocycles. The van der Waals surface area contributed by atoms with Gasteiger partial charge in [0, 0.05) is 36.7 Å². The highest BCUT2D eigenvalue weighted by Crippen LogP contribution is 2.19. The lowest BCUT2D eigenvalue weighted by atomic mass is 10.1. The highest BCUT2D eigenvalue weighted by molar-refractivity contribution is 7.14. The molecule has 6 nitrogen and oxygen atoms in total. The van der Waals surface area contributed by atoms with Crippen molar-refractivity contribution in [2.24, 2.45) is 0 Å². The second-order valence-electron chi connectivity index (χ2n) is 7.42. The zero-order valence-corrected chi connectivity index (χ0v) is 18.2. The van der Waals surface area contributed by atoms with Gasteiger partial charge < -0.3 is 4.57 Å². The Hall–Kier alpha value is -3.58. The van der Waals surface area contributed by atoms with E-state index in [2.05, 4.69) is 40.2 Å². The smallest absolute Gasteiger partial charge is 0.274 e. The second kappa shape index (κ2) is 9.49. The third-order valence-electron chi connectivity index (χ3n) is 4.78. The monoisotopic (exact) mass is 429 g/mol. The molecule has 0 radical (unpaired) electrons. The van der Waals surface area contributed by atoms with Crippen LogP contribution in [0.2, 0.25) is 0 Å². The van der Waals surface area contributed by atoms with Crippen LogP contribution in [0.5, 0.6) is 0 Å². The number of rotatable bonds is 7. The summed E-state index contributed by atoms with van der Waals surface area (Å²) in [5, 5.41) is 5.35. The Morgan fingerprint density at radius 2 is 2.00 bits per heavy atom. The number of pyridine rings is 2. The van der Waals surface area contributed by atoms with Crippen LogP contribution in [-0.4, -0.2) is 25.4 Å². The van der Waals surface area contributed by atoms with Gasteiger partial charge in [0.05, 0.1) is 11.4 Å². The molecule has 4 rings (SSSR count). The first-order valence-electron chi connectivity index (χ1n) is 10.0. The molecule has 31 heavy (non-hydrogen) atoms. The third-order valence-corrected chi connectivity index (χ3v) is 5.56. The van der Waals surface area contributed by atoms with Gasteiger partial charge in [0.2, 0.25) is 0 Å². The molecule has 0 aliphatic carbocycles. The summed E-state index contributed by atoms with van der Waals surface area (Å²) in [6.07, 6.45) is 11.1. The summed E-state index contributed by atoms with van der Waals surface area (Å²) in [5.74, 6) is 0.269. The molecule has 0 aliphatic heterocycles. The van der Waals surface area contributed by atoms with E-state index in [0.717, 1.165) is 17.0 Å². The Morgan fingerprint density at radius 3 is 2.74 bits per heavy atom. The topological polar surface area (TPSA) is 72.7 Å². The molecular formula is C24H23N5OS. The Labute approximate surface area is 185 Å². The summed E-state index contributed by atoms with van der Waals surface area (Å²) in [5.41, 5.74) is 4.47. The van der Waals surface area contributed by atoms with Gasteiger partial charge in [0.25, 0.3) is 5.91 Å². The number of thiazole rings is 1. The van der Waals surface area contributed by atoms with E-state index in [0.29, 0.717) is 23.3 Å². The summed E-state index contributed by atoms with van der Waals surface area (Å²) in [4.78, 5) is 25.8. The summed E-state index contributed by atoms with van der Waals surface area (Å²) in [6.45, 7) is 4.87. The maximum atomic E-state index is 12.8. The SMILES string of the molecule is CC(C)c1ccc(/C=C/c2csc(NC(=O)c3cccn3Cc3cccnc3)n2)nc1. The van der Waals surface area contributed by atoms with Crippen molar-refractivity contribution >= 4 is 34.5 Å². The number of hydrogen-bond donors (Lipinski definition) is 1. The van der Waals surface area contributed by atoms with E-state index < -0.39 is 0 Å². The van der Waals surface area contributed by atoms with Crippen LogP contribution in [0.4, 0.5) is 5.13 Å². The van der Waals surface area contributed by atoms with Crippen molar-refractivity contribution in [3.8, 4) is 0 Å². The first-order valence-corrected chi connectivity index (χ1v) is 10.9. The quantitative estimate of drug-likeness (QED) is 0.431. The van der Waals surface area contributed by atoms with E-state index in [4.69, 9.17) is 0 Å². The fourth-order valence-electron chi connectivity index (χ4n) is 3.06. The molecule has 1 amide bonds. The van der Waals surface area contributed by atoms with Crippen LogP contribution in [0, 0.1) is 0 Å². The minimum Gasteiger partial charge on any atom is -0.339 e. The van der Waals surface area contributed by atoms with Crippen molar-refractivity contribution in [2.75, 3.05) is 5.32 Å². The van der Waals surface area contributed by atoms with Crippen molar-refractivity contribution in [1.29, 1.82) is 0 Å². The maximum absolute atomic E-state index is 12.8. The van der Waals surface area contributed by atoms with Crippen LogP contribution in [0.3, 0.4) is 0 Å². The molecule has 4 aromatic rings. The Balaban J connectivity index is 1.40. The first-order chi connectivity index (χ1) is 15.1. The number of hydrogen-bond acceptors (Lipinski definition) is 5. The average molecular weight is 430 g/mol. The summed E-state index contributed by atoms with van der Waals surface area (Å²) < 4.78 is 1.90. The van der Waals surface area contributed by atoms with Crippen LogP contribution in [0.25, 0.3) is 12.2 Å². The molecule has 0 atom stereocenters. The van der Waals surface area contributed by atoms with E-state index in [9.17, 15) is 4.79 Å². The van der Waals surface area contributed by atoms with Gasteiger partial charge in [-0.15, -0.1) is 11.3 Å². The Bertz CT molecular complexity index is 1180. The second-order valence-corrected chi connectivity index (χ2v) is 8.28. The van der Waals surface area contributed by atoms with E-state index >= 15 is 0 Å². The molecule has 0 saturated heterocycles. The molecule has 0 unspecified atom stereocenters. The molecule has 0 bridgehead atoms. The number of aromatic nitrogens is 4. The largest absolute Gasteiger partial charge is 0.339 e. The summed E-state index contributed by atoms with van der Waals surface area (Å²) in [6, 6.07) is 11.6. The molecule has 0 fully saturated rings. The minimum absolute atomic E-state index is 0.190. The molecule has 0 aliphatic rings. The van der Waals surface area contributed by atoms with E-state index in [1.807, 2.05) is 58.8 Å². The van der Waals surface area contributed by atoms with Gasteiger partial charge in [-0.25, -0.2) is 4.98 Å². The lowest BCUT2D eigenvalue weighted by Gasteiger charge is -2.08. The number of anilines is 1. The molecule has 156 valence electrons. The van der Waals surface area contributed by atoms with Crippen LogP contribution in [0.1, 0.15) is 52.8 Å². The van der Waals surface area contributed by atoms with Gasteiger partial charge in [-0.3, -0.25) is 20.1 Å². The average Bonchev–Trinajstić information content (AvgIpc) is 3.42. The van der Waals surface area contributed by atoms with Gasteiger partial charge in [-0.2, -0.15) is 0 Å². The van der Waals surface area contributed by atoms with Gasteiger partial charge >= 0.3 is 0 Å². The lowest BCUT2D eigenvalue weighted by molar-refractivity contribution is 0.101. The number of amides is 1. The molecule has 1 N–H and O–H groups in total. The van der Waals surface area contributed by atoms with Crippen molar-refractivity contribution in [3.63, 3.8) is 0 Å². The fourth-order valence-corrected chi connectivity index (χ4v) is 3.73. The zero-order chi connectivity index (χ0) is 21.6. The summed E-state index contributed by atoms with van der Waals surface area (Å²) >= 11 is 1.39. The van der Waals surface area contributed by atoms with Crippen molar-refractivity contribution in [1.82, 2.24) is 19.5 Å². The van der Waals surface area contributed by atoms with E-state index in [1.54, 1.807) is 18.5 Å². The number of carbonyl (C=O) groups is 1. The number of nitrogens with zero attached hydrogens (tertiary/aromatic N) is 4. The molecule has 7 heteroatoms. The highest BCUT2D eigenvalue weighted by atomic mass is 32.1. The maximum Gasteiger partial charge on any atom is 0.274 e. The predicted molar refractivity (Wildman–Crippen MR) is 125 cm³/mol. The van der Waals surface area contributed by atoms with Crippen LogP contribution in [0.15, 0.2) is 66.6 Å². The normalized spacial score (nSPS) is 11.3. The predicted octanol–water partition coefficient (Wildman–Crippen LogP) is 5.33. The molecule has 0 aromatic carbocycles. The molecule has 4 heterocycles. The Morgan fingerprint density at radius 1 is 1.13 bits per heavy atom. The summed E-state index contributed by atoms with van der Waals surface area (Å²) in [7, 11) is 0. The van der Waals surface area contributed by atoms with Crippen LogP contribution < -0.4 is 5.32 Å². The van der Waals surface area contributed by atoms with Crippen molar-refractivity contribution < 1.29 is 4.79 Å². The molecular weight excluding hydrogens is 406 g/mol. The van der Waals surface area contributed by atoms with Gasteiger partial charge in [0.15, 0.2) is 5.13 Å². The highest BCUT2D eigenvalue weighted by Gasteiger charge is 2.13. The fraction of sp³-hybridized carbons (Fsp3) is 0.167. The van der Waals surface area contributed by atoms with Crippen molar-refractivity contribution in [2.45, 2.75) is 26.3 Å². The zero-order valence-electron chi connectivity index (χ0n) is 17.4. The lowest BCUT2D eigenvalue weighted by Crippen LogP contribution is -2.17. The van der Waals surface area contributed by atoms with Gasteiger partial charge in [0.1, 0.15) is 5.69 Å². The Kier molecular flexibility index (Phi) is 6.33. The van der Waals surface area contributed by atoms with Crippen molar-refractivity contribution in [3.05, 3.63) is 94.8 Å². The third kappa shape index (κ3) is 5.32. The number of carbonyl (C=O) groups excluding carboxylic acids is 1. The van der Waals surface area contributed by atoms with E-state index in [1.165, 1.54) is 16.9 Å². The standard InChI is InChI=1S/C24H23N5OS/c1-17(2)19-7-8-20(26-14-19)9-10-21-16-31-24(27-21)28-23(30)22-6-4-12-29(22)15-18-5-3-11-25-13-18/h3-14,16-17H,15H2,1-2H3,(H,27,28,30)/b10-9+.